The van der Waals surface area contributed by atoms with E-state index < -0.39 is 23.7 Å². The summed E-state index contributed by atoms with van der Waals surface area (Å²) >= 11 is 0. The van der Waals surface area contributed by atoms with Crippen LogP contribution in [0.5, 0.6) is 0 Å². The molecule has 4 bridgehead atoms. The summed E-state index contributed by atoms with van der Waals surface area (Å²) in [6.45, 7) is 0. The van der Waals surface area contributed by atoms with Gasteiger partial charge in [0.2, 0.25) is 23.6 Å². The number of imide groups is 2. The summed E-state index contributed by atoms with van der Waals surface area (Å²) in [4.78, 5) is 59.8. The fourth-order valence-corrected chi connectivity index (χ4v) is 11.5. The first kappa shape index (κ1) is 30.1. The second kappa shape index (κ2) is 10.6. The van der Waals surface area contributed by atoms with E-state index in [9.17, 15) is 19.2 Å². The molecule has 6 aromatic rings. The van der Waals surface area contributed by atoms with Gasteiger partial charge >= 0.3 is 0 Å². The molecule has 6 heteroatoms. The number of amides is 4. The Morgan fingerprint density at radius 2 is 0.481 bits per heavy atom. The van der Waals surface area contributed by atoms with E-state index >= 15 is 0 Å². The van der Waals surface area contributed by atoms with Crippen LogP contribution in [0.1, 0.15) is 68.2 Å². The van der Waals surface area contributed by atoms with E-state index in [0.717, 1.165) is 55.6 Å². The SMILES string of the molecule is O=C1[C@@H]2C3c4ccccc4C(c4ccccc43)[C@H]2C(=O)N1c1ccc(-c2ccc(N3C(=O)[C@@H]4C5c6ccccc6C(c6ccccc65)[C@@H]4C3=O)cc2)cc1. The average molecular weight is 701 g/mol. The fourth-order valence-electron chi connectivity index (χ4n) is 11.5. The van der Waals surface area contributed by atoms with E-state index in [2.05, 4.69) is 48.5 Å². The quantitative estimate of drug-likeness (QED) is 0.175. The predicted octanol–water partition coefficient (Wildman–Crippen LogP) is 8.15. The summed E-state index contributed by atoms with van der Waals surface area (Å²) in [7, 11) is 0. The average Bonchev–Trinajstić information content (AvgIpc) is 3.65. The minimum absolute atomic E-state index is 0.138. The van der Waals surface area contributed by atoms with Crippen LogP contribution in [-0.2, 0) is 19.2 Å². The molecular formula is C48H32N2O4. The molecule has 2 aliphatic heterocycles. The third-order valence-electron chi connectivity index (χ3n) is 13.5. The Kier molecular flexibility index (Phi) is 5.91. The lowest BCUT2D eigenvalue weighted by Crippen LogP contribution is -2.41. The summed E-state index contributed by atoms with van der Waals surface area (Å²) in [5, 5.41) is 0. The Morgan fingerprint density at radius 3 is 0.685 bits per heavy atom. The largest absolute Gasteiger partial charge is 0.274 e. The normalized spacial score (nSPS) is 27.7. The fraction of sp³-hybridized carbons (Fsp3) is 0.167. The molecule has 6 aliphatic carbocycles. The van der Waals surface area contributed by atoms with Crippen LogP contribution < -0.4 is 9.80 Å². The molecule has 2 saturated heterocycles. The van der Waals surface area contributed by atoms with Gasteiger partial charge in [-0.3, -0.25) is 19.2 Å². The summed E-state index contributed by atoms with van der Waals surface area (Å²) in [5.41, 5.74) is 12.2. The lowest BCUT2D eigenvalue weighted by Gasteiger charge is -2.45. The number of nitrogens with zero attached hydrogens (tertiary/aromatic N) is 2. The molecule has 2 heterocycles. The number of anilines is 2. The highest BCUT2D eigenvalue weighted by atomic mass is 16.2. The van der Waals surface area contributed by atoms with Crippen LogP contribution in [0.15, 0.2) is 146 Å². The molecule has 54 heavy (non-hydrogen) atoms. The molecule has 14 rings (SSSR count). The predicted molar refractivity (Wildman–Crippen MR) is 204 cm³/mol. The van der Waals surface area contributed by atoms with Gasteiger partial charge in [0.05, 0.1) is 35.0 Å². The molecular weight excluding hydrogens is 669 g/mol. The molecule has 8 aliphatic rings. The summed E-state index contributed by atoms with van der Waals surface area (Å²) in [6.07, 6.45) is 0. The van der Waals surface area contributed by atoms with Gasteiger partial charge in [-0.2, -0.15) is 0 Å². The minimum Gasteiger partial charge on any atom is -0.274 e. The molecule has 4 atom stereocenters. The number of carbonyl (C=O) groups is 4. The van der Waals surface area contributed by atoms with E-state index in [1.54, 1.807) is 0 Å². The lowest BCUT2D eigenvalue weighted by atomic mass is 9.55. The van der Waals surface area contributed by atoms with Gasteiger partial charge in [-0.1, -0.05) is 121 Å². The second-order valence-electron chi connectivity index (χ2n) is 15.6. The summed E-state index contributed by atoms with van der Waals surface area (Å²) in [6, 6.07) is 48.2. The van der Waals surface area contributed by atoms with Crippen molar-refractivity contribution in [2.45, 2.75) is 23.7 Å². The van der Waals surface area contributed by atoms with Gasteiger partial charge in [-0.15, -0.1) is 0 Å². The molecule has 0 radical (unpaired) electrons. The minimum atomic E-state index is -0.433. The van der Waals surface area contributed by atoms with Crippen molar-refractivity contribution in [2.75, 3.05) is 9.80 Å². The van der Waals surface area contributed by atoms with Crippen molar-refractivity contribution >= 4 is 35.0 Å². The van der Waals surface area contributed by atoms with Gasteiger partial charge in [0, 0.05) is 23.7 Å². The van der Waals surface area contributed by atoms with E-state index in [1.807, 2.05) is 97.1 Å². The van der Waals surface area contributed by atoms with Crippen molar-refractivity contribution in [3.8, 4) is 11.1 Å². The van der Waals surface area contributed by atoms with Crippen LogP contribution in [0, 0.1) is 23.7 Å². The number of hydrogen-bond donors (Lipinski definition) is 0. The third-order valence-corrected chi connectivity index (χ3v) is 13.5. The maximum Gasteiger partial charge on any atom is 0.238 e. The van der Waals surface area contributed by atoms with Crippen molar-refractivity contribution in [3.63, 3.8) is 0 Å². The second-order valence-corrected chi connectivity index (χ2v) is 15.6. The molecule has 2 fully saturated rings. The highest BCUT2D eigenvalue weighted by Gasteiger charge is 2.63. The maximum atomic E-state index is 14.2. The zero-order valence-electron chi connectivity index (χ0n) is 29.0. The first-order valence-electron chi connectivity index (χ1n) is 18.8. The molecule has 0 unspecified atom stereocenters. The Hall–Kier alpha value is -6.40. The van der Waals surface area contributed by atoms with E-state index in [0.29, 0.717) is 11.4 Å². The van der Waals surface area contributed by atoms with Gasteiger partial charge in [0.25, 0.3) is 0 Å². The van der Waals surface area contributed by atoms with Gasteiger partial charge < -0.3 is 0 Å². The van der Waals surface area contributed by atoms with E-state index in [4.69, 9.17) is 0 Å². The van der Waals surface area contributed by atoms with Crippen molar-refractivity contribution < 1.29 is 19.2 Å². The highest BCUT2D eigenvalue weighted by molar-refractivity contribution is 6.24. The third kappa shape index (κ3) is 3.65. The van der Waals surface area contributed by atoms with Crippen LogP contribution >= 0.6 is 0 Å². The molecule has 258 valence electrons. The first-order valence-corrected chi connectivity index (χ1v) is 18.8. The van der Waals surface area contributed by atoms with Crippen molar-refractivity contribution in [1.82, 2.24) is 0 Å². The molecule has 0 saturated carbocycles. The Labute approximate surface area is 311 Å². The molecule has 6 nitrogen and oxygen atoms in total. The Morgan fingerprint density at radius 1 is 0.278 bits per heavy atom. The van der Waals surface area contributed by atoms with E-state index in [1.165, 1.54) is 9.80 Å². The highest BCUT2D eigenvalue weighted by Crippen LogP contribution is 2.63. The molecule has 6 aromatic carbocycles. The first-order chi connectivity index (χ1) is 26.5. The molecule has 0 aromatic heterocycles. The van der Waals surface area contributed by atoms with Crippen LogP contribution in [0.3, 0.4) is 0 Å². The van der Waals surface area contributed by atoms with Crippen LogP contribution in [0.2, 0.25) is 0 Å². The van der Waals surface area contributed by atoms with Gasteiger partial charge in [0.15, 0.2) is 0 Å². The van der Waals surface area contributed by atoms with E-state index in [-0.39, 0.29) is 47.3 Å². The van der Waals surface area contributed by atoms with Gasteiger partial charge in [-0.05, 0) is 79.9 Å². The van der Waals surface area contributed by atoms with Gasteiger partial charge in [-0.25, -0.2) is 9.80 Å². The van der Waals surface area contributed by atoms with Crippen LogP contribution in [0.25, 0.3) is 11.1 Å². The zero-order chi connectivity index (χ0) is 36.0. The maximum absolute atomic E-state index is 14.2. The molecule has 0 spiro atoms. The Balaban J connectivity index is 0.833. The van der Waals surface area contributed by atoms with Crippen LogP contribution in [-0.4, -0.2) is 23.6 Å². The van der Waals surface area contributed by atoms with Crippen molar-refractivity contribution in [1.29, 1.82) is 0 Å². The van der Waals surface area contributed by atoms with Crippen molar-refractivity contribution in [3.05, 3.63) is 190 Å². The lowest BCUT2D eigenvalue weighted by molar-refractivity contribution is -0.124. The zero-order valence-corrected chi connectivity index (χ0v) is 29.0. The monoisotopic (exact) mass is 700 g/mol. The molecule has 0 N–H and O–H groups in total. The number of benzene rings is 6. The topological polar surface area (TPSA) is 74.8 Å². The number of rotatable bonds is 3. The summed E-state index contributed by atoms with van der Waals surface area (Å²) in [5.74, 6) is -2.87. The van der Waals surface area contributed by atoms with Crippen molar-refractivity contribution in [2.24, 2.45) is 23.7 Å². The number of hydrogen-bond acceptors (Lipinski definition) is 4. The van der Waals surface area contributed by atoms with Gasteiger partial charge in [0.1, 0.15) is 0 Å². The van der Waals surface area contributed by atoms with Crippen LogP contribution in [0.4, 0.5) is 11.4 Å². The summed E-state index contributed by atoms with van der Waals surface area (Å²) < 4.78 is 0. The standard InChI is InChI=1S/C48H32N2O4/c51-45-41-37-29-9-1-2-10-30(29)38(32-12-4-3-11-31(32)37)42(41)46(52)49(45)27-21-17-25(18-22-27)26-19-23-28(24-20-26)50-47(53)43-39-33-13-5-6-14-34(33)40(44(43)48(50)54)36-16-8-7-15-35(36)39/h1-24,37-44H/t37?,38?,39?,40?,41-,42-,43-,44+/m1/s1. The number of carbonyl (C=O) groups excluding carboxylic acids is 4. The molecule has 4 amide bonds. The Bertz CT molecular complexity index is 2250. The smallest absolute Gasteiger partial charge is 0.238 e.